The fourth-order valence-corrected chi connectivity index (χ4v) is 2.99. The van der Waals surface area contributed by atoms with Gasteiger partial charge in [-0.05, 0) is 35.4 Å². The van der Waals surface area contributed by atoms with E-state index in [1.165, 1.54) is 0 Å². The van der Waals surface area contributed by atoms with E-state index in [0.717, 1.165) is 0 Å². The number of amides is 2. The molecule has 0 spiro atoms. The molecule has 0 unspecified atom stereocenters. The highest BCUT2D eigenvalue weighted by Crippen LogP contribution is 2.56. The van der Waals surface area contributed by atoms with Gasteiger partial charge >= 0.3 is 12.4 Å². The fraction of sp³-hybridized carbons (Fsp3) is 0.176. The predicted molar refractivity (Wildman–Crippen MR) is 91.6 cm³/mol. The van der Waals surface area contributed by atoms with Crippen molar-refractivity contribution >= 4 is 23.2 Å². The summed E-state index contributed by atoms with van der Waals surface area (Å²) < 4.78 is 84.6. The van der Waals surface area contributed by atoms with E-state index in [9.17, 15) is 35.9 Å². The summed E-state index contributed by atoms with van der Waals surface area (Å²) in [7, 11) is 0. The normalized spacial score (nSPS) is 12.6. The third-order valence-electron chi connectivity index (χ3n) is 4.35. The lowest BCUT2D eigenvalue weighted by molar-refractivity contribution is -0.288. The molecule has 0 radical (unpaired) electrons. The van der Waals surface area contributed by atoms with E-state index in [-0.39, 0.29) is 0 Å². The zero-order chi connectivity index (χ0) is 22.4. The molecule has 0 aliphatic carbocycles. The minimum absolute atomic E-state index is 0.318. The highest BCUT2D eigenvalue weighted by Gasteiger charge is 2.72. The van der Waals surface area contributed by atoms with Crippen molar-refractivity contribution in [2.45, 2.75) is 17.8 Å². The second-order valence-corrected chi connectivity index (χ2v) is 6.08. The van der Waals surface area contributed by atoms with Crippen molar-refractivity contribution in [3.8, 4) is 0 Å². The average molecular weight is 420 g/mol. The van der Waals surface area contributed by atoms with Crippen LogP contribution in [0.15, 0.2) is 36.4 Å². The number of benzene rings is 2. The van der Waals surface area contributed by atoms with Crippen LogP contribution in [-0.4, -0.2) is 24.2 Å². The predicted octanol–water partition coefficient (Wildman–Crippen LogP) is 2.46. The first kappa shape index (κ1) is 21.9. The van der Waals surface area contributed by atoms with Crippen LogP contribution in [0.5, 0.6) is 0 Å². The van der Waals surface area contributed by atoms with Gasteiger partial charge in [0.1, 0.15) is 0 Å². The minimum Gasteiger partial charge on any atom is -0.398 e. The van der Waals surface area contributed by atoms with E-state index in [0.29, 0.717) is 36.4 Å². The van der Waals surface area contributed by atoms with E-state index in [2.05, 4.69) is 0 Å². The molecular weight excluding hydrogens is 406 g/mol. The van der Waals surface area contributed by atoms with Gasteiger partial charge in [-0.1, -0.05) is 12.1 Å². The van der Waals surface area contributed by atoms with Crippen molar-refractivity contribution in [2.75, 3.05) is 11.5 Å². The number of carbonyl (C=O) groups is 2. The Morgan fingerprint density at radius 3 is 1.21 bits per heavy atom. The van der Waals surface area contributed by atoms with Gasteiger partial charge in [0, 0.05) is 11.4 Å². The van der Waals surface area contributed by atoms with E-state index >= 15 is 0 Å². The highest BCUT2D eigenvalue weighted by atomic mass is 19.4. The molecule has 0 aliphatic rings. The summed E-state index contributed by atoms with van der Waals surface area (Å²) in [6, 6.07) is 2.99. The Bertz CT molecular complexity index is 905. The molecule has 156 valence electrons. The molecule has 0 fully saturated rings. The Labute approximate surface area is 159 Å². The Morgan fingerprint density at radius 1 is 0.655 bits per heavy atom. The molecular formula is C17H14F6N4O2. The van der Waals surface area contributed by atoms with Crippen LogP contribution >= 0.6 is 0 Å². The van der Waals surface area contributed by atoms with Gasteiger partial charge in [0.25, 0.3) is 11.8 Å². The van der Waals surface area contributed by atoms with Crippen LogP contribution in [0.25, 0.3) is 0 Å². The SMILES string of the molecule is NC(=O)c1cc(C(c2ccc(N)c(C(N)=O)c2)(C(F)(F)F)C(F)(F)F)ccc1N. The number of carbonyl (C=O) groups excluding carboxylic acids is 2. The van der Waals surface area contributed by atoms with E-state index in [1.54, 1.807) is 0 Å². The maximum atomic E-state index is 14.1. The summed E-state index contributed by atoms with van der Waals surface area (Å²) in [6.45, 7) is 0. The van der Waals surface area contributed by atoms with Crippen LogP contribution in [0.2, 0.25) is 0 Å². The Morgan fingerprint density at radius 2 is 0.966 bits per heavy atom. The highest BCUT2D eigenvalue weighted by molar-refractivity contribution is 5.99. The molecule has 0 heterocycles. The lowest BCUT2D eigenvalue weighted by Gasteiger charge is -2.38. The van der Waals surface area contributed by atoms with Crippen LogP contribution in [0.4, 0.5) is 37.7 Å². The molecule has 0 aromatic heterocycles. The first-order chi connectivity index (χ1) is 13.1. The smallest absolute Gasteiger partial charge is 0.398 e. The summed E-state index contributed by atoms with van der Waals surface area (Å²) in [4.78, 5) is 22.9. The number of hydrogen-bond acceptors (Lipinski definition) is 4. The van der Waals surface area contributed by atoms with Crippen molar-refractivity contribution in [1.29, 1.82) is 0 Å². The summed E-state index contributed by atoms with van der Waals surface area (Å²) >= 11 is 0. The lowest BCUT2D eigenvalue weighted by atomic mass is 9.72. The zero-order valence-electron chi connectivity index (χ0n) is 14.4. The first-order valence-corrected chi connectivity index (χ1v) is 7.67. The molecule has 0 aliphatic heterocycles. The average Bonchev–Trinajstić information content (AvgIpc) is 2.55. The summed E-state index contributed by atoms with van der Waals surface area (Å²) in [5, 5.41) is 0. The van der Waals surface area contributed by atoms with Crippen molar-refractivity contribution in [2.24, 2.45) is 11.5 Å². The number of hydrogen-bond donors (Lipinski definition) is 4. The molecule has 29 heavy (non-hydrogen) atoms. The third-order valence-corrected chi connectivity index (χ3v) is 4.35. The van der Waals surface area contributed by atoms with Crippen LogP contribution < -0.4 is 22.9 Å². The molecule has 2 aromatic carbocycles. The number of nitrogen functional groups attached to an aromatic ring is 2. The van der Waals surface area contributed by atoms with Crippen LogP contribution in [0.1, 0.15) is 31.8 Å². The molecule has 0 saturated carbocycles. The van der Waals surface area contributed by atoms with Gasteiger partial charge in [-0.2, -0.15) is 26.3 Å². The molecule has 0 atom stereocenters. The molecule has 2 rings (SSSR count). The first-order valence-electron chi connectivity index (χ1n) is 7.67. The van der Waals surface area contributed by atoms with Crippen molar-refractivity contribution in [3.63, 3.8) is 0 Å². The van der Waals surface area contributed by atoms with Crippen molar-refractivity contribution in [1.82, 2.24) is 0 Å². The van der Waals surface area contributed by atoms with E-state index in [4.69, 9.17) is 22.9 Å². The number of rotatable bonds is 4. The van der Waals surface area contributed by atoms with Crippen molar-refractivity contribution in [3.05, 3.63) is 58.7 Å². The van der Waals surface area contributed by atoms with Gasteiger partial charge in [-0.3, -0.25) is 9.59 Å². The monoisotopic (exact) mass is 420 g/mol. The van der Waals surface area contributed by atoms with Crippen LogP contribution in [0.3, 0.4) is 0 Å². The van der Waals surface area contributed by atoms with Gasteiger partial charge in [0.05, 0.1) is 11.1 Å². The molecule has 0 bridgehead atoms. The van der Waals surface area contributed by atoms with Crippen LogP contribution in [0, 0.1) is 0 Å². The molecule has 6 nitrogen and oxygen atoms in total. The number of alkyl halides is 6. The van der Waals surface area contributed by atoms with Gasteiger partial charge in [0.2, 0.25) is 5.41 Å². The number of anilines is 2. The molecule has 12 heteroatoms. The fourth-order valence-electron chi connectivity index (χ4n) is 2.99. The Balaban J connectivity index is 3.04. The number of halogens is 6. The number of primary amides is 2. The minimum atomic E-state index is -5.96. The summed E-state index contributed by atoms with van der Waals surface area (Å²) in [5.74, 6) is -2.64. The quantitative estimate of drug-likeness (QED) is 0.446. The van der Waals surface area contributed by atoms with Gasteiger partial charge in [0.15, 0.2) is 0 Å². The van der Waals surface area contributed by atoms with E-state index < -0.39 is 63.2 Å². The second kappa shape index (κ2) is 6.87. The Hall–Kier alpha value is -3.44. The largest absolute Gasteiger partial charge is 0.411 e. The zero-order valence-corrected chi connectivity index (χ0v) is 14.4. The summed E-state index contributed by atoms with van der Waals surface area (Å²) in [5.41, 5.74) is 11.2. The summed E-state index contributed by atoms with van der Waals surface area (Å²) in [6.07, 6.45) is -11.9. The maximum absolute atomic E-state index is 14.1. The maximum Gasteiger partial charge on any atom is 0.411 e. The van der Waals surface area contributed by atoms with E-state index in [1.807, 2.05) is 0 Å². The lowest BCUT2D eigenvalue weighted by Crippen LogP contribution is -2.55. The molecule has 2 aromatic rings. The Kier molecular flexibility index (Phi) is 5.17. The topological polar surface area (TPSA) is 138 Å². The molecule has 2 amide bonds. The van der Waals surface area contributed by atoms with Gasteiger partial charge < -0.3 is 22.9 Å². The molecule has 8 N–H and O–H groups in total. The van der Waals surface area contributed by atoms with Crippen molar-refractivity contribution < 1.29 is 35.9 Å². The number of nitrogens with two attached hydrogens (primary N) is 4. The second-order valence-electron chi connectivity index (χ2n) is 6.08. The van der Waals surface area contributed by atoms with Gasteiger partial charge in [-0.25, -0.2) is 0 Å². The molecule has 0 saturated heterocycles. The third kappa shape index (κ3) is 3.41. The standard InChI is InChI=1S/C17H14F6N4O2/c18-16(19,20)15(17(21,22)23,7-1-3-11(24)9(5-7)13(26)28)8-2-4-12(25)10(6-8)14(27)29/h1-6H,24-25H2,(H2,26,28)(H2,27,29). The van der Waals surface area contributed by atoms with Gasteiger partial charge in [-0.15, -0.1) is 0 Å². The van der Waals surface area contributed by atoms with Crippen LogP contribution in [-0.2, 0) is 5.41 Å².